The maximum Gasteiger partial charge on any atom is 0.407 e. The van der Waals surface area contributed by atoms with E-state index in [-0.39, 0.29) is 6.09 Å². The molecule has 1 amide bonds. The van der Waals surface area contributed by atoms with E-state index in [4.69, 9.17) is 4.74 Å². The van der Waals surface area contributed by atoms with E-state index in [0.29, 0.717) is 0 Å². The fourth-order valence-electron chi connectivity index (χ4n) is 1.99. The van der Waals surface area contributed by atoms with Gasteiger partial charge < -0.3 is 15.4 Å². The molecule has 0 heterocycles. The normalized spacial score (nSPS) is 11.4. The molecule has 0 radical (unpaired) electrons. The molecule has 0 aromatic carbocycles. The summed E-state index contributed by atoms with van der Waals surface area (Å²) in [7, 11) is 2.01. The molecule has 4 heteroatoms. The number of hydrogen-bond donors (Lipinski definition) is 2. The van der Waals surface area contributed by atoms with Crippen molar-refractivity contribution in [2.45, 2.75) is 77.7 Å². The summed E-state index contributed by atoms with van der Waals surface area (Å²) in [6.45, 7) is 7.49. The lowest BCUT2D eigenvalue weighted by atomic mass is 10.1. The monoisotopic (exact) mass is 286 g/mol. The SMILES string of the molecule is CNCCCCCCCCCCNC(=O)OC(C)(C)C. The molecule has 0 unspecified atom stereocenters. The lowest BCUT2D eigenvalue weighted by molar-refractivity contribution is 0.0527. The van der Waals surface area contributed by atoms with Gasteiger partial charge >= 0.3 is 6.09 Å². The van der Waals surface area contributed by atoms with Crippen LogP contribution in [0.4, 0.5) is 4.79 Å². The third kappa shape index (κ3) is 15.3. The van der Waals surface area contributed by atoms with Gasteiger partial charge in [0.2, 0.25) is 0 Å². The highest BCUT2D eigenvalue weighted by Crippen LogP contribution is 2.09. The molecule has 0 fully saturated rings. The van der Waals surface area contributed by atoms with Crippen molar-refractivity contribution in [3.8, 4) is 0 Å². The van der Waals surface area contributed by atoms with Gasteiger partial charge in [-0.1, -0.05) is 38.5 Å². The number of unbranched alkanes of at least 4 members (excludes halogenated alkanes) is 7. The molecule has 2 N–H and O–H groups in total. The first-order chi connectivity index (χ1) is 9.45. The van der Waals surface area contributed by atoms with Crippen LogP contribution >= 0.6 is 0 Å². The van der Waals surface area contributed by atoms with Crippen LogP contribution in [-0.4, -0.2) is 31.8 Å². The summed E-state index contributed by atoms with van der Waals surface area (Å²) in [6, 6.07) is 0. The fraction of sp³-hybridized carbons (Fsp3) is 0.938. The predicted octanol–water partition coefficient (Wildman–Crippen LogP) is 3.85. The van der Waals surface area contributed by atoms with Gasteiger partial charge in [-0.3, -0.25) is 0 Å². The second-order valence-electron chi connectivity index (χ2n) is 6.36. The van der Waals surface area contributed by atoms with Gasteiger partial charge in [0, 0.05) is 6.54 Å². The van der Waals surface area contributed by atoms with Crippen LogP contribution in [0.1, 0.15) is 72.1 Å². The number of ether oxygens (including phenoxy) is 1. The van der Waals surface area contributed by atoms with Crippen molar-refractivity contribution in [2.24, 2.45) is 0 Å². The zero-order valence-electron chi connectivity index (χ0n) is 13.9. The number of hydrogen-bond acceptors (Lipinski definition) is 3. The fourth-order valence-corrected chi connectivity index (χ4v) is 1.99. The van der Waals surface area contributed by atoms with Crippen LogP contribution in [0.3, 0.4) is 0 Å². The average Bonchev–Trinajstić information content (AvgIpc) is 2.34. The van der Waals surface area contributed by atoms with Crippen molar-refractivity contribution in [3.63, 3.8) is 0 Å². The van der Waals surface area contributed by atoms with Crippen molar-refractivity contribution < 1.29 is 9.53 Å². The number of carbonyl (C=O) groups excluding carboxylic acids is 1. The quantitative estimate of drug-likeness (QED) is 0.567. The minimum Gasteiger partial charge on any atom is -0.444 e. The van der Waals surface area contributed by atoms with Crippen molar-refractivity contribution in [3.05, 3.63) is 0 Å². The molecular formula is C16H34N2O2. The van der Waals surface area contributed by atoms with Gasteiger partial charge in [-0.25, -0.2) is 4.79 Å². The third-order valence-corrected chi connectivity index (χ3v) is 3.02. The van der Waals surface area contributed by atoms with Gasteiger partial charge in [0.1, 0.15) is 5.60 Å². The van der Waals surface area contributed by atoms with Crippen molar-refractivity contribution >= 4 is 6.09 Å². The molecule has 20 heavy (non-hydrogen) atoms. The summed E-state index contributed by atoms with van der Waals surface area (Å²) in [5.41, 5.74) is -0.405. The van der Waals surface area contributed by atoms with Crippen LogP contribution in [0.2, 0.25) is 0 Å². The highest BCUT2D eigenvalue weighted by atomic mass is 16.6. The minimum absolute atomic E-state index is 0.304. The van der Waals surface area contributed by atoms with Gasteiger partial charge in [-0.2, -0.15) is 0 Å². The van der Waals surface area contributed by atoms with E-state index in [2.05, 4.69) is 10.6 Å². The molecule has 4 nitrogen and oxygen atoms in total. The van der Waals surface area contributed by atoms with Gasteiger partial charge in [0.05, 0.1) is 0 Å². The Kier molecular flexibility index (Phi) is 11.5. The Bertz CT molecular complexity index is 237. The van der Waals surface area contributed by atoms with Crippen LogP contribution in [0.15, 0.2) is 0 Å². The predicted molar refractivity (Wildman–Crippen MR) is 85.1 cm³/mol. The molecule has 0 aliphatic heterocycles. The number of carbonyl (C=O) groups is 1. The van der Waals surface area contributed by atoms with E-state index >= 15 is 0 Å². The Labute approximate surface area is 125 Å². The van der Waals surface area contributed by atoms with Gasteiger partial charge in [0.15, 0.2) is 0 Å². The Morgan fingerprint density at radius 3 is 1.75 bits per heavy atom. The highest BCUT2D eigenvalue weighted by Gasteiger charge is 2.15. The van der Waals surface area contributed by atoms with Crippen LogP contribution in [0.5, 0.6) is 0 Å². The molecule has 0 atom stereocenters. The number of rotatable bonds is 11. The Balaban J connectivity index is 3.19. The highest BCUT2D eigenvalue weighted by molar-refractivity contribution is 5.67. The lowest BCUT2D eigenvalue weighted by Gasteiger charge is -2.19. The van der Waals surface area contributed by atoms with Crippen molar-refractivity contribution in [1.29, 1.82) is 0 Å². The Hall–Kier alpha value is -0.770. The maximum atomic E-state index is 11.4. The Morgan fingerprint density at radius 1 is 0.850 bits per heavy atom. The third-order valence-electron chi connectivity index (χ3n) is 3.02. The second kappa shape index (κ2) is 12.0. The first-order valence-electron chi connectivity index (χ1n) is 8.07. The first-order valence-corrected chi connectivity index (χ1v) is 8.07. The number of alkyl carbamates (subject to hydrolysis) is 1. The molecular weight excluding hydrogens is 252 g/mol. The van der Waals surface area contributed by atoms with Gasteiger partial charge in [0.25, 0.3) is 0 Å². The number of nitrogens with one attached hydrogen (secondary N) is 2. The molecule has 0 rings (SSSR count). The largest absolute Gasteiger partial charge is 0.444 e. The molecule has 0 spiro atoms. The molecule has 120 valence electrons. The van der Waals surface area contributed by atoms with Crippen LogP contribution in [0, 0.1) is 0 Å². The standard InChI is InChI=1S/C16H34N2O2/c1-16(2,3)20-15(19)18-14-12-10-8-6-5-7-9-11-13-17-4/h17H,5-14H2,1-4H3,(H,18,19). The smallest absolute Gasteiger partial charge is 0.407 e. The second-order valence-corrected chi connectivity index (χ2v) is 6.36. The van der Waals surface area contributed by atoms with E-state index in [1.807, 2.05) is 27.8 Å². The molecule has 0 aromatic heterocycles. The van der Waals surface area contributed by atoms with E-state index in [1.54, 1.807) is 0 Å². The van der Waals surface area contributed by atoms with Crippen molar-refractivity contribution in [1.82, 2.24) is 10.6 Å². The summed E-state index contributed by atoms with van der Waals surface area (Å²) < 4.78 is 5.17. The van der Waals surface area contributed by atoms with E-state index in [1.165, 1.54) is 44.9 Å². The van der Waals surface area contributed by atoms with E-state index in [9.17, 15) is 4.79 Å². The molecule has 0 aliphatic rings. The van der Waals surface area contributed by atoms with Crippen LogP contribution in [0.25, 0.3) is 0 Å². The van der Waals surface area contributed by atoms with Gasteiger partial charge in [-0.15, -0.1) is 0 Å². The summed E-state index contributed by atoms with van der Waals surface area (Å²) in [6.07, 6.45) is 9.81. The topological polar surface area (TPSA) is 50.4 Å². The van der Waals surface area contributed by atoms with Crippen molar-refractivity contribution in [2.75, 3.05) is 20.1 Å². The van der Waals surface area contributed by atoms with Crippen LogP contribution in [-0.2, 0) is 4.74 Å². The van der Waals surface area contributed by atoms with E-state index in [0.717, 1.165) is 19.5 Å². The summed E-state index contributed by atoms with van der Waals surface area (Å²) in [4.78, 5) is 11.4. The summed E-state index contributed by atoms with van der Waals surface area (Å²) in [5, 5.41) is 5.97. The average molecular weight is 286 g/mol. The molecule has 0 aliphatic carbocycles. The first kappa shape index (κ1) is 19.2. The molecule has 0 aromatic rings. The molecule has 0 saturated heterocycles. The maximum absolute atomic E-state index is 11.4. The van der Waals surface area contributed by atoms with E-state index < -0.39 is 5.60 Å². The summed E-state index contributed by atoms with van der Waals surface area (Å²) in [5.74, 6) is 0. The zero-order chi connectivity index (χ0) is 15.3. The molecule has 0 bridgehead atoms. The zero-order valence-corrected chi connectivity index (χ0v) is 13.9. The molecule has 0 saturated carbocycles. The minimum atomic E-state index is -0.405. The Morgan fingerprint density at radius 2 is 1.30 bits per heavy atom. The van der Waals surface area contributed by atoms with Gasteiger partial charge in [-0.05, 0) is 47.2 Å². The number of amides is 1. The lowest BCUT2D eigenvalue weighted by Crippen LogP contribution is -2.32. The summed E-state index contributed by atoms with van der Waals surface area (Å²) >= 11 is 0. The van der Waals surface area contributed by atoms with Crippen LogP contribution < -0.4 is 10.6 Å².